The second kappa shape index (κ2) is 10.7. The van der Waals surface area contributed by atoms with Gasteiger partial charge in [0.05, 0.1) is 0 Å². The molecule has 0 saturated carbocycles. The van der Waals surface area contributed by atoms with Gasteiger partial charge in [-0.2, -0.15) is 0 Å². The van der Waals surface area contributed by atoms with Crippen molar-refractivity contribution in [2.45, 2.75) is 33.1 Å². The van der Waals surface area contributed by atoms with Crippen molar-refractivity contribution in [3.63, 3.8) is 0 Å². The van der Waals surface area contributed by atoms with Crippen molar-refractivity contribution in [2.75, 3.05) is 32.7 Å². The van der Waals surface area contributed by atoms with Crippen molar-refractivity contribution in [3.8, 4) is 0 Å². The summed E-state index contributed by atoms with van der Waals surface area (Å²) in [7, 11) is 0. The first kappa shape index (κ1) is 15.2. The van der Waals surface area contributed by atoms with Crippen LogP contribution >= 0.6 is 0 Å². The standard InChI is InChI=1S/C11H26N4O/c1-3-15(4-2)10-9-13-8-6-5-7-11(12)14-16/h13,16H,3-10H2,1-2H3,(H2,12,14). The van der Waals surface area contributed by atoms with Crippen LogP contribution in [0.5, 0.6) is 0 Å². The largest absolute Gasteiger partial charge is 0.409 e. The predicted octanol–water partition coefficient (Wildman–Crippen LogP) is 0.835. The summed E-state index contributed by atoms with van der Waals surface area (Å²) in [6, 6.07) is 0. The van der Waals surface area contributed by atoms with E-state index >= 15 is 0 Å². The molecule has 0 aliphatic rings. The van der Waals surface area contributed by atoms with Gasteiger partial charge in [-0.3, -0.25) is 0 Å². The molecule has 0 bridgehead atoms. The molecular formula is C11H26N4O. The lowest BCUT2D eigenvalue weighted by molar-refractivity contribution is 0.302. The zero-order valence-corrected chi connectivity index (χ0v) is 10.6. The summed E-state index contributed by atoms with van der Waals surface area (Å²) in [4.78, 5) is 2.39. The van der Waals surface area contributed by atoms with Crippen molar-refractivity contribution in [1.29, 1.82) is 0 Å². The van der Waals surface area contributed by atoms with Crippen molar-refractivity contribution >= 4 is 5.84 Å². The van der Waals surface area contributed by atoms with Crippen molar-refractivity contribution in [1.82, 2.24) is 10.2 Å². The average Bonchev–Trinajstić information content (AvgIpc) is 2.32. The molecule has 0 aromatic carbocycles. The minimum atomic E-state index is 0.322. The topological polar surface area (TPSA) is 73.9 Å². The van der Waals surface area contributed by atoms with Crippen LogP contribution in [-0.2, 0) is 0 Å². The normalized spacial score (nSPS) is 12.3. The van der Waals surface area contributed by atoms with E-state index in [1.165, 1.54) is 0 Å². The number of rotatable bonds is 10. The molecule has 0 saturated heterocycles. The smallest absolute Gasteiger partial charge is 0.139 e. The molecule has 0 rings (SSSR count). The van der Waals surface area contributed by atoms with Gasteiger partial charge in [-0.05, 0) is 32.5 Å². The Hall–Kier alpha value is -0.810. The first-order valence-electron chi connectivity index (χ1n) is 6.14. The molecule has 5 nitrogen and oxygen atoms in total. The molecule has 96 valence electrons. The highest BCUT2D eigenvalue weighted by Gasteiger charge is 1.97. The third kappa shape index (κ3) is 8.49. The van der Waals surface area contributed by atoms with Gasteiger partial charge < -0.3 is 21.2 Å². The Morgan fingerprint density at radius 1 is 1.25 bits per heavy atom. The Morgan fingerprint density at radius 2 is 1.94 bits per heavy atom. The SMILES string of the molecule is CCN(CC)CCNCCCCC(N)=NO. The van der Waals surface area contributed by atoms with Gasteiger partial charge in [0.2, 0.25) is 0 Å². The Labute approximate surface area is 98.7 Å². The number of unbranched alkanes of at least 4 members (excludes halogenated alkanes) is 1. The average molecular weight is 230 g/mol. The first-order chi connectivity index (χ1) is 7.74. The van der Waals surface area contributed by atoms with Crippen LogP contribution in [0, 0.1) is 0 Å². The van der Waals surface area contributed by atoms with E-state index in [1.54, 1.807) is 0 Å². The molecule has 5 heteroatoms. The van der Waals surface area contributed by atoms with Crippen LogP contribution in [0.3, 0.4) is 0 Å². The zero-order valence-electron chi connectivity index (χ0n) is 10.6. The summed E-state index contributed by atoms with van der Waals surface area (Å²) < 4.78 is 0. The number of likely N-dealkylation sites (N-methyl/N-ethyl adjacent to an activating group) is 1. The molecule has 0 aliphatic carbocycles. The molecule has 0 amide bonds. The molecule has 0 unspecified atom stereocenters. The summed E-state index contributed by atoms with van der Waals surface area (Å²) in [5, 5.41) is 14.7. The summed E-state index contributed by atoms with van der Waals surface area (Å²) >= 11 is 0. The van der Waals surface area contributed by atoms with Crippen LogP contribution < -0.4 is 11.1 Å². The van der Waals surface area contributed by atoms with E-state index in [0.29, 0.717) is 12.3 Å². The second-order valence-electron chi connectivity index (χ2n) is 3.83. The molecular weight excluding hydrogens is 204 g/mol. The fourth-order valence-electron chi connectivity index (χ4n) is 1.51. The molecule has 4 N–H and O–H groups in total. The van der Waals surface area contributed by atoms with Gasteiger partial charge in [0.1, 0.15) is 5.84 Å². The van der Waals surface area contributed by atoms with Gasteiger partial charge >= 0.3 is 0 Å². The van der Waals surface area contributed by atoms with E-state index in [4.69, 9.17) is 10.9 Å². The third-order valence-electron chi connectivity index (χ3n) is 2.66. The minimum absolute atomic E-state index is 0.322. The lowest BCUT2D eigenvalue weighted by Crippen LogP contribution is -2.32. The van der Waals surface area contributed by atoms with E-state index in [2.05, 4.69) is 29.2 Å². The Morgan fingerprint density at radius 3 is 2.50 bits per heavy atom. The molecule has 0 aromatic rings. The molecule has 0 heterocycles. The Bertz CT molecular complexity index is 181. The Kier molecular flexibility index (Phi) is 10.2. The third-order valence-corrected chi connectivity index (χ3v) is 2.66. The number of nitrogens with zero attached hydrogens (tertiary/aromatic N) is 2. The van der Waals surface area contributed by atoms with Gasteiger partial charge in [0, 0.05) is 19.5 Å². The predicted molar refractivity (Wildman–Crippen MR) is 67.9 cm³/mol. The van der Waals surface area contributed by atoms with Crippen molar-refractivity contribution in [3.05, 3.63) is 0 Å². The van der Waals surface area contributed by atoms with Crippen LogP contribution in [0.2, 0.25) is 0 Å². The van der Waals surface area contributed by atoms with Crippen LogP contribution in [0.25, 0.3) is 0 Å². The van der Waals surface area contributed by atoms with Gasteiger partial charge in [0.25, 0.3) is 0 Å². The maximum Gasteiger partial charge on any atom is 0.139 e. The van der Waals surface area contributed by atoms with Crippen LogP contribution in [0.1, 0.15) is 33.1 Å². The van der Waals surface area contributed by atoms with Crippen molar-refractivity contribution in [2.24, 2.45) is 10.9 Å². The van der Waals surface area contributed by atoms with E-state index in [9.17, 15) is 0 Å². The number of hydrogen-bond donors (Lipinski definition) is 3. The molecule has 0 spiro atoms. The second-order valence-corrected chi connectivity index (χ2v) is 3.83. The maximum atomic E-state index is 8.33. The molecule has 0 radical (unpaired) electrons. The summed E-state index contributed by atoms with van der Waals surface area (Å²) in [5.41, 5.74) is 5.36. The first-order valence-corrected chi connectivity index (χ1v) is 6.14. The van der Waals surface area contributed by atoms with Crippen LogP contribution in [0.4, 0.5) is 0 Å². The molecule has 0 aromatic heterocycles. The number of oxime groups is 1. The lowest BCUT2D eigenvalue weighted by Gasteiger charge is -2.17. The van der Waals surface area contributed by atoms with E-state index in [-0.39, 0.29) is 0 Å². The van der Waals surface area contributed by atoms with E-state index < -0.39 is 0 Å². The number of amidine groups is 1. The van der Waals surface area contributed by atoms with Crippen molar-refractivity contribution < 1.29 is 5.21 Å². The quantitative estimate of drug-likeness (QED) is 0.171. The van der Waals surface area contributed by atoms with Crippen LogP contribution in [0.15, 0.2) is 5.16 Å². The highest BCUT2D eigenvalue weighted by atomic mass is 16.4. The van der Waals surface area contributed by atoms with Gasteiger partial charge in [-0.25, -0.2) is 0 Å². The fourth-order valence-corrected chi connectivity index (χ4v) is 1.51. The summed E-state index contributed by atoms with van der Waals surface area (Å²) in [6.07, 6.45) is 2.71. The minimum Gasteiger partial charge on any atom is -0.409 e. The molecule has 16 heavy (non-hydrogen) atoms. The summed E-state index contributed by atoms with van der Waals surface area (Å²) in [5.74, 6) is 0.322. The molecule has 0 atom stereocenters. The lowest BCUT2D eigenvalue weighted by atomic mass is 10.2. The van der Waals surface area contributed by atoms with Gasteiger partial charge in [-0.1, -0.05) is 19.0 Å². The van der Waals surface area contributed by atoms with E-state index in [0.717, 1.165) is 45.6 Å². The monoisotopic (exact) mass is 230 g/mol. The van der Waals surface area contributed by atoms with Gasteiger partial charge in [-0.15, -0.1) is 0 Å². The zero-order chi connectivity index (χ0) is 12.2. The van der Waals surface area contributed by atoms with Gasteiger partial charge in [0.15, 0.2) is 0 Å². The maximum absolute atomic E-state index is 8.33. The number of hydrogen-bond acceptors (Lipinski definition) is 4. The summed E-state index contributed by atoms with van der Waals surface area (Å²) in [6.45, 7) is 9.73. The van der Waals surface area contributed by atoms with Crippen LogP contribution in [-0.4, -0.2) is 48.7 Å². The highest BCUT2D eigenvalue weighted by molar-refractivity contribution is 5.79. The number of nitrogens with one attached hydrogen (secondary N) is 1. The highest BCUT2D eigenvalue weighted by Crippen LogP contribution is 1.93. The number of nitrogens with two attached hydrogens (primary N) is 1. The molecule has 0 aliphatic heterocycles. The Balaban J connectivity index is 3.21. The van der Waals surface area contributed by atoms with E-state index in [1.807, 2.05) is 0 Å². The molecule has 0 fully saturated rings. The fraction of sp³-hybridized carbons (Fsp3) is 0.909.